The van der Waals surface area contributed by atoms with Crippen molar-refractivity contribution in [3.05, 3.63) is 35.9 Å². The first-order valence-corrected chi connectivity index (χ1v) is 7.06. The van der Waals surface area contributed by atoms with Gasteiger partial charge in [0, 0.05) is 19.6 Å². The molecule has 116 valence electrons. The second kappa shape index (κ2) is 9.59. The van der Waals surface area contributed by atoms with Gasteiger partial charge in [-0.3, -0.25) is 9.79 Å². The molecule has 0 saturated heterocycles. The molecule has 5 nitrogen and oxygen atoms in total. The molecule has 0 aromatic heterocycles. The lowest BCUT2D eigenvalue weighted by molar-refractivity contribution is -0.119. The lowest BCUT2D eigenvalue weighted by Gasteiger charge is -2.11. The fourth-order valence-corrected chi connectivity index (χ4v) is 1.83. The largest absolute Gasteiger partial charge is 0.354 e. The standard InChI is InChI=1S/C15H22N4O.HI/c1-16-15(19-13-7-8-13)18-11-14(20)17-10-9-12-5-3-2-4-6-12;/h2-6,13H,7-11H2,1H3,(H,17,20)(H2,16,18,19);1H. The number of hydrogen-bond acceptors (Lipinski definition) is 2. The van der Waals surface area contributed by atoms with Crippen molar-refractivity contribution in [2.75, 3.05) is 20.1 Å². The fraction of sp³-hybridized carbons (Fsp3) is 0.467. The van der Waals surface area contributed by atoms with Crippen LogP contribution in [0.1, 0.15) is 18.4 Å². The highest BCUT2D eigenvalue weighted by atomic mass is 127. The van der Waals surface area contributed by atoms with Gasteiger partial charge in [0.25, 0.3) is 0 Å². The van der Waals surface area contributed by atoms with Gasteiger partial charge in [-0.25, -0.2) is 0 Å². The van der Waals surface area contributed by atoms with Crippen molar-refractivity contribution in [1.82, 2.24) is 16.0 Å². The summed E-state index contributed by atoms with van der Waals surface area (Å²) in [4.78, 5) is 15.8. The van der Waals surface area contributed by atoms with Crippen LogP contribution in [0.15, 0.2) is 35.3 Å². The molecule has 1 amide bonds. The van der Waals surface area contributed by atoms with Crippen molar-refractivity contribution in [1.29, 1.82) is 0 Å². The summed E-state index contributed by atoms with van der Waals surface area (Å²) in [7, 11) is 1.71. The first-order valence-electron chi connectivity index (χ1n) is 7.06. The number of rotatable bonds is 6. The van der Waals surface area contributed by atoms with E-state index >= 15 is 0 Å². The average molecular weight is 402 g/mol. The molecule has 1 aliphatic rings. The highest BCUT2D eigenvalue weighted by molar-refractivity contribution is 14.0. The molecule has 1 aromatic carbocycles. The summed E-state index contributed by atoms with van der Waals surface area (Å²) in [5, 5.41) is 9.15. The van der Waals surface area contributed by atoms with Crippen LogP contribution in [0, 0.1) is 0 Å². The van der Waals surface area contributed by atoms with E-state index in [0.29, 0.717) is 18.5 Å². The monoisotopic (exact) mass is 402 g/mol. The molecule has 1 fully saturated rings. The predicted octanol–water partition coefficient (Wildman–Crippen LogP) is 1.29. The van der Waals surface area contributed by atoms with Gasteiger partial charge < -0.3 is 16.0 Å². The van der Waals surface area contributed by atoms with Gasteiger partial charge in [-0.05, 0) is 24.8 Å². The number of benzene rings is 1. The molecule has 1 saturated carbocycles. The third-order valence-corrected chi connectivity index (χ3v) is 3.14. The molecule has 1 aliphatic carbocycles. The predicted molar refractivity (Wildman–Crippen MR) is 96.1 cm³/mol. The van der Waals surface area contributed by atoms with E-state index in [0.717, 1.165) is 6.42 Å². The molecule has 3 N–H and O–H groups in total. The van der Waals surface area contributed by atoms with Gasteiger partial charge in [0.1, 0.15) is 0 Å². The molecule has 0 atom stereocenters. The van der Waals surface area contributed by atoms with Crippen molar-refractivity contribution >= 4 is 35.8 Å². The first kappa shape index (κ1) is 17.7. The lowest BCUT2D eigenvalue weighted by atomic mass is 10.1. The molecular formula is C15H23IN4O. The number of nitrogens with one attached hydrogen (secondary N) is 3. The van der Waals surface area contributed by atoms with Crippen molar-refractivity contribution in [3.63, 3.8) is 0 Å². The zero-order valence-corrected chi connectivity index (χ0v) is 14.6. The normalized spacial score (nSPS) is 14.0. The Labute approximate surface area is 143 Å². The number of aliphatic imine (C=N–C) groups is 1. The zero-order valence-electron chi connectivity index (χ0n) is 12.3. The third kappa shape index (κ3) is 7.31. The maximum atomic E-state index is 11.7. The van der Waals surface area contributed by atoms with E-state index in [2.05, 4.69) is 33.1 Å². The summed E-state index contributed by atoms with van der Waals surface area (Å²) in [5.74, 6) is 0.686. The number of carbonyl (C=O) groups is 1. The van der Waals surface area contributed by atoms with Crippen LogP contribution in [0.4, 0.5) is 0 Å². The lowest BCUT2D eigenvalue weighted by Crippen LogP contribution is -2.44. The number of hydrogen-bond donors (Lipinski definition) is 3. The number of halogens is 1. The van der Waals surface area contributed by atoms with Gasteiger partial charge in [0.15, 0.2) is 5.96 Å². The Bertz CT molecular complexity index is 460. The van der Waals surface area contributed by atoms with Gasteiger partial charge in [0.2, 0.25) is 5.91 Å². The molecule has 6 heteroatoms. The Hall–Kier alpha value is -1.31. The first-order chi connectivity index (χ1) is 9.78. The van der Waals surface area contributed by atoms with E-state index in [1.165, 1.54) is 18.4 Å². The quantitative estimate of drug-likeness (QED) is 0.382. The summed E-state index contributed by atoms with van der Waals surface area (Å²) in [6.45, 7) is 0.903. The van der Waals surface area contributed by atoms with Gasteiger partial charge in [-0.1, -0.05) is 30.3 Å². The molecular weight excluding hydrogens is 379 g/mol. The van der Waals surface area contributed by atoms with Crippen molar-refractivity contribution in [3.8, 4) is 0 Å². The van der Waals surface area contributed by atoms with Crippen LogP contribution in [-0.2, 0) is 11.2 Å². The molecule has 21 heavy (non-hydrogen) atoms. The topological polar surface area (TPSA) is 65.5 Å². The van der Waals surface area contributed by atoms with Crippen LogP contribution in [0.5, 0.6) is 0 Å². The van der Waals surface area contributed by atoms with Crippen LogP contribution in [-0.4, -0.2) is 38.0 Å². The summed E-state index contributed by atoms with van der Waals surface area (Å²) >= 11 is 0. The Balaban J connectivity index is 0.00000220. The van der Waals surface area contributed by atoms with Gasteiger partial charge in [-0.2, -0.15) is 0 Å². The van der Waals surface area contributed by atoms with E-state index < -0.39 is 0 Å². The summed E-state index contributed by atoms with van der Waals surface area (Å²) in [6, 6.07) is 10.7. The van der Waals surface area contributed by atoms with Crippen molar-refractivity contribution in [2.24, 2.45) is 4.99 Å². The summed E-state index contributed by atoms with van der Waals surface area (Å²) in [6.07, 6.45) is 3.22. The zero-order chi connectivity index (χ0) is 14.2. The number of nitrogens with zero attached hydrogens (tertiary/aromatic N) is 1. The third-order valence-electron chi connectivity index (χ3n) is 3.14. The molecule has 2 rings (SSSR count). The van der Waals surface area contributed by atoms with Crippen LogP contribution in [0.2, 0.25) is 0 Å². The van der Waals surface area contributed by atoms with Crippen molar-refractivity contribution in [2.45, 2.75) is 25.3 Å². The van der Waals surface area contributed by atoms with E-state index in [4.69, 9.17) is 0 Å². The second-order valence-corrected chi connectivity index (χ2v) is 4.93. The molecule has 0 unspecified atom stereocenters. The highest BCUT2D eigenvalue weighted by Crippen LogP contribution is 2.18. The molecule has 1 aromatic rings. The minimum Gasteiger partial charge on any atom is -0.354 e. The van der Waals surface area contributed by atoms with Crippen LogP contribution in [0.3, 0.4) is 0 Å². The van der Waals surface area contributed by atoms with E-state index in [1.807, 2.05) is 18.2 Å². The maximum Gasteiger partial charge on any atom is 0.239 e. The minimum atomic E-state index is -0.0142. The highest BCUT2D eigenvalue weighted by Gasteiger charge is 2.22. The average Bonchev–Trinajstić information content (AvgIpc) is 3.28. The number of guanidine groups is 1. The minimum absolute atomic E-state index is 0. The van der Waals surface area contributed by atoms with Gasteiger partial charge in [0.05, 0.1) is 6.54 Å². The van der Waals surface area contributed by atoms with E-state index in [-0.39, 0.29) is 36.4 Å². The maximum absolute atomic E-state index is 11.7. The van der Waals surface area contributed by atoms with Crippen LogP contribution >= 0.6 is 24.0 Å². The number of amides is 1. The Morgan fingerprint density at radius 1 is 1.24 bits per heavy atom. The van der Waals surface area contributed by atoms with E-state index in [9.17, 15) is 4.79 Å². The smallest absolute Gasteiger partial charge is 0.239 e. The molecule has 0 spiro atoms. The molecule has 0 radical (unpaired) electrons. The Kier molecular flexibility index (Phi) is 8.11. The van der Waals surface area contributed by atoms with Crippen LogP contribution < -0.4 is 16.0 Å². The fourth-order valence-electron chi connectivity index (χ4n) is 1.83. The molecule has 0 heterocycles. The summed E-state index contributed by atoms with van der Waals surface area (Å²) < 4.78 is 0. The van der Waals surface area contributed by atoms with E-state index in [1.54, 1.807) is 7.05 Å². The Morgan fingerprint density at radius 3 is 2.57 bits per heavy atom. The number of carbonyl (C=O) groups excluding carboxylic acids is 1. The Morgan fingerprint density at radius 2 is 1.95 bits per heavy atom. The SMILES string of the molecule is CN=C(NCC(=O)NCCc1ccccc1)NC1CC1.I. The molecule has 0 aliphatic heterocycles. The van der Waals surface area contributed by atoms with Gasteiger partial charge in [-0.15, -0.1) is 24.0 Å². The second-order valence-electron chi connectivity index (χ2n) is 4.93. The van der Waals surface area contributed by atoms with Crippen LogP contribution in [0.25, 0.3) is 0 Å². The summed E-state index contributed by atoms with van der Waals surface area (Å²) in [5.41, 5.74) is 1.23. The van der Waals surface area contributed by atoms with Crippen molar-refractivity contribution < 1.29 is 4.79 Å². The van der Waals surface area contributed by atoms with Gasteiger partial charge >= 0.3 is 0 Å². The molecule has 0 bridgehead atoms.